The molecule has 4 heterocycles. The Labute approximate surface area is 240 Å². The molecule has 3 atom stereocenters. The lowest BCUT2D eigenvalue weighted by Gasteiger charge is -2.31. The van der Waals surface area contributed by atoms with Gasteiger partial charge < -0.3 is 9.64 Å². The predicted molar refractivity (Wildman–Crippen MR) is 148 cm³/mol. The summed E-state index contributed by atoms with van der Waals surface area (Å²) in [5.41, 5.74) is 0.777. The minimum absolute atomic E-state index is 0.162. The average Bonchev–Trinajstić information content (AvgIpc) is 3.40. The summed E-state index contributed by atoms with van der Waals surface area (Å²) < 4.78 is 6.72. The fourth-order valence-electron chi connectivity index (χ4n) is 5.31. The van der Waals surface area contributed by atoms with Crippen molar-refractivity contribution >= 4 is 63.8 Å². The Morgan fingerprint density at radius 2 is 1.70 bits per heavy atom. The number of hydrogen-bond donors (Lipinski definition) is 0. The summed E-state index contributed by atoms with van der Waals surface area (Å²) in [7, 11) is 0. The van der Waals surface area contributed by atoms with Crippen molar-refractivity contribution in [3.8, 4) is 0 Å². The maximum atomic E-state index is 13.9. The molecule has 2 saturated heterocycles. The second-order valence-corrected chi connectivity index (χ2v) is 12.1. The topological polar surface area (TPSA) is 132 Å². The van der Waals surface area contributed by atoms with Gasteiger partial charge >= 0.3 is 4.87 Å². The van der Waals surface area contributed by atoms with Gasteiger partial charge in [0.15, 0.2) is 0 Å². The Hall–Kier alpha value is -3.52. The number of nitro groups is 1. The van der Waals surface area contributed by atoms with Gasteiger partial charge in [-0.2, -0.15) is 0 Å². The van der Waals surface area contributed by atoms with E-state index in [1.54, 1.807) is 29.2 Å². The fraction of sp³-hybridized carbons (Fsp3) is 0.308. The van der Waals surface area contributed by atoms with E-state index in [-0.39, 0.29) is 28.7 Å². The van der Waals surface area contributed by atoms with Crippen LogP contribution < -0.4 is 9.77 Å². The molecule has 3 unspecified atom stereocenters. The number of imide groups is 1. The number of amides is 3. The molecule has 3 aliphatic heterocycles. The molecule has 0 aliphatic carbocycles. The van der Waals surface area contributed by atoms with E-state index in [1.165, 1.54) is 28.8 Å². The number of thiazole rings is 1. The van der Waals surface area contributed by atoms with Gasteiger partial charge in [-0.05, 0) is 29.8 Å². The summed E-state index contributed by atoms with van der Waals surface area (Å²) >= 11 is 8.21. The second kappa shape index (κ2) is 10.5. The molecule has 0 radical (unpaired) electrons. The second-order valence-electron chi connectivity index (χ2n) is 9.50. The van der Waals surface area contributed by atoms with Crippen molar-refractivity contribution in [1.82, 2.24) is 9.47 Å². The van der Waals surface area contributed by atoms with Gasteiger partial charge in [0.25, 0.3) is 5.69 Å². The van der Waals surface area contributed by atoms with Gasteiger partial charge in [0.1, 0.15) is 11.8 Å². The van der Waals surface area contributed by atoms with Crippen LogP contribution in [0.5, 0.6) is 0 Å². The van der Waals surface area contributed by atoms with Crippen molar-refractivity contribution in [3.63, 3.8) is 0 Å². The van der Waals surface area contributed by atoms with Crippen LogP contribution in [0, 0.1) is 16.0 Å². The zero-order valence-electron chi connectivity index (χ0n) is 20.7. The molecule has 14 heteroatoms. The number of hydrogen-bond acceptors (Lipinski definition) is 9. The molecular formula is C26H21ClN4O7S2. The summed E-state index contributed by atoms with van der Waals surface area (Å²) in [4.78, 5) is 67.5. The molecule has 0 N–H and O–H groups in total. The maximum Gasteiger partial charge on any atom is 0.308 e. The number of rotatable bonds is 5. The van der Waals surface area contributed by atoms with Crippen molar-refractivity contribution in [2.24, 2.45) is 5.92 Å². The molecule has 40 heavy (non-hydrogen) atoms. The highest BCUT2D eigenvalue weighted by Gasteiger charge is 2.56. The van der Waals surface area contributed by atoms with Crippen LogP contribution in [0.2, 0.25) is 5.02 Å². The summed E-state index contributed by atoms with van der Waals surface area (Å²) in [6.07, 6.45) is 0. The molecule has 11 nitrogen and oxygen atoms in total. The van der Waals surface area contributed by atoms with Crippen LogP contribution in [0.1, 0.15) is 16.4 Å². The minimum atomic E-state index is -0.866. The number of non-ortho nitro benzene ring substituents is 1. The highest BCUT2D eigenvalue weighted by molar-refractivity contribution is 8.00. The number of morpholine rings is 1. The molecule has 3 aliphatic rings. The minimum Gasteiger partial charge on any atom is -0.378 e. The van der Waals surface area contributed by atoms with Gasteiger partial charge in [-0.1, -0.05) is 46.8 Å². The van der Waals surface area contributed by atoms with Crippen molar-refractivity contribution in [2.75, 3.05) is 31.2 Å². The van der Waals surface area contributed by atoms with Gasteiger partial charge in [-0.25, -0.2) is 4.90 Å². The van der Waals surface area contributed by atoms with Crippen LogP contribution in [0.25, 0.3) is 0 Å². The van der Waals surface area contributed by atoms with Crippen molar-refractivity contribution < 1.29 is 24.0 Å². The molecule has 2 fully saturated rings. The quantitative estimate of drug-likeness (QED) is 0.248. The highest BCUT2D eigenvalue weighted by atomic mass is 35.5. The van der Waals surface area contributed by atoms with Crippen molar-refractivity contribution in [2.45, 2.75) is 22.7 Å². The highest BCUT2D eigenvalue weighted by Crippen LogP contribution is 2.54. The number of fused-ring (bicyclic) bond motifs is 2. The monoisotopic (exact) mass is 600 g/mol. The lowest BCUT2D eigenvalue weighted by atomic mass is 9.83. The number of halogens is 1. The number of anilines is 1. The summed E-state index contributed by atoms with van der Waals surface area (Å²) in [5.74, 6) is -2.63. The third-order valence-electron chi connectivity index (χ3n) is 7.25. The zero-order valence-corrected chi connectivity index (χ0v) is 23.1. The van der Waals surface area contributed by atoms with E-state index in [0.717, 1.165) is 28.0 Å². The first-order chi connectivity index (χ1) is 19.2. The van der Waals surface area contributed by atoms with E-state index in [4.69, 9.17) is 16.3 Å². The van der Waals surface area contributed by atoms with Crippen LogP contribution >= 0.6 is 34.7 Å². The SMILES string of the molecule is O=C(Cn1c2c(sc1=O)C(c1ccc(Cl)cc1)C1C(=O)N(c3ccc([N+](=O)[O-])cc3)C(=O)C1S2)N1CCOCC1. The lowest BCUT2D eigenvalue weighted by Crippen LogP contribution is -2.43. The summed E-state index contributed by atoms with van der Waals surface area (Å²) in [6, 6.07) is 12.1. The van der Waals surface area contributed by atoms with Gasteiger partial charge in [0.05, 0.1) is 34.8 Å². The van der Waals surface area contributed by atoms with E-state index < -0.39 is 33.8 Å². The summed E-state index contributed by atoms with van der Waals surface area (Å²) in [5, 5.41) is 11.2. The number of benzene rings is 2. The van der Waals surface area contributed by atoms with E-state index >= 15 is 0 Å². The Balaban J connectivity index is 1.41. The van der Waals surface area contributed by atoms with Crippen molar-refractivity contribution in [1.29, 1.82) is 0 Å². The molecule has 3 amide bonds. The van der Waals surface area contributed by atoms with E-state index in [0.29, 0.717) is 46.8 Å². The number of aromatic nitrogens is 1. The molecule has 2 aromatic carbocycles. The smallest absolute Gasteiger partial charge is 0.308 e. The number of nitro benzene ring substituents is 1. The van der Waals surface area contributed by atoms with Crippen LogP contribution in [-0.2, 0) is 25.7 Å². The number of ether oxygens (including phenoxy) is 1. The molecule has 0 saturated carbocycles. The first kappa shape index (κ1) is 26.7. The standard InChI is InChI=1S/C26H21ClN4O7S2/c27-15-3-1-14(2-4-15)19-20-21(24(34)30(23(20)33)16-5-7-17(8-6-16)31(36)37)39-25-22(19)40-26(35)29(25)13-18(32)28-9-11-38-12-10-28/h1-8,19-21H,9-13H2. The van der Waals surface area contributed by atoms with Gasteiger partial charge in [-0.3, -0.25) is 33.9 Å². The van der Waals surface area contributed by atoms with E-state index in [9.17, 15) is 29.3 Å². The van der Waals surface area contributed by atoms with Gasteiger partial charge in [-0.15, -0.1) is 0 Å². The molecule has 3 aromatic rings. The number of carbonyl (C=O) groups is 3. The zero-order chi connectivity index (χ0) is 28.1. The number of carbonyl (C=O) groups excluding carboxylic acids is 3. The van der Waals surface area contributed by atoms with Crippen LogP contribution in [-0.4, -0.2) is 63.7 Å². The van der Waals surface area contributed by atoms with Crippen LogP contribution in [0.15, 0.2) is 58.4 Å². The Bertz CT molecular complexity index is 1580. The maximum absolute atomic E-state index is 13.9. The number of thioether (sulfide) groups is 1. The van der Waals surface area contributed by atoms with Crippen molar-refractivity contribution in [3.05, 3.63) is 83.8 Å². The molecule has 1 aromatic heterocycles. The predicted octanol–water partition coefficient (Wildman–Crippen LogP) is 3.13. The molecule has 6 rings (SSSR count). The Morgan fingerprint density at radius 3 is 2.35 bits per heavy atom. The Morgan fingerprint density at radius 1 is 1.02 bits per heavy atom. The summed E-state index contributed by atoms with van der Waals surface area (Å²) in [6.45, 7) is 1.53. The third kappa shape index (κ3) is 4.52. The first-order valence-corrected chi connectivity index (χ1v) is 14.5. The fourth-order valence-corrected chi connectivity index (χ4v) is 8.21. The van der Waals surface area contributed by atoms with E-state index in [1.807, 2.05) is 0 Å². The van der Waals surface area contributed by atoms with Crippen LogP contribution in [0.4, 0.5) is 11.4 Å². The molecule has 206 valence electrons. The first-order valence-electron chi connectivity index (χ1n) is 12.4. The normalized spacial score (nSPS) is 22.3. The van der Waals surface area contributed by atoms with Gasteiger partial charge in [0, 0.05) is 41.0 Å². The number of nitrogens with zero attached hydrogens (tertiary/aromatic N) is 4. The molecule has 0 spiro atoms. The average molecular weight is 601 g/mol. The molecule has 0 bridgehead atoms. The van der Waals surface area contributed by atoms with Crippen LogP contribution in [0.3, 0.4) is 0 Å². The lowest BCUT2D eigenvalue weighted by molar-refractivity contribution is -0.384. The molecular weight excluding hydrogens is 580 g/mol. The van der Waals surface area contributed by atoms with E-state index in [2.05, 4.69) is 0 Å². The largest absolute Gasteiger partial charge is 0.378 e. The van der Waals surface area contributed by atoms with Gasteiger partial charge in [0.2, 0.25) is 17.7 Å². The Kier molecular flexibility index (Phi) is 6.98. The third-order valence-corrected chi connectivity index (χ3v) is 10.1.